The maximum atomic E-state index is 4.00. The maximum Gasteiger partial charge on any atom is -0.0253 e. The van der Waals surface area contributed by atoms with Crippen LogP contribution in [0.15, 0.2) is 24.3 Å². The van der Waals surface area contributed by atoms with Gasteiger partial charge >= 0.3 is 0 Å². The number of aryl methyl sites for hydroxylation is 1. The minimum Gasteiger partial charge on any atom is -0.124 e. The van der Waals surface area contributed by atoms with Gasteiger partial charge in [-0.2, -0.15) is 0 Å². The van der Waals surface area contributed by atoms with Gasteiger partial charge in [-0.3, -0.25) is 0 Å². The van der Waals surface area contributed by atoms with E-state index in [0.29, 0.717) is 0 Å². The molecule has 1 aromatic rings. The predicted molar refractivity (Wildman–Crippen MR) is 73.5 cm³/mol. The van der Waals surface area contributed by atoms with Gasteiger partial charge in [-0.1, -0.05) is 57.9 Å². The third kappa shape index (κ3) is 5.61. The van der Waals surface area contributed by atoms with Crippen molar-refractivity contribution >= 4 is 0 Å². The van der Waals surface area contributed by atoms with Crippen molar-refractivity contribution in [3.8, 4) is 12.8 Å². The second kappa shape index (κ2) is 9.04. The van der Waals surface area contributed by atoms with E-state index in [4.69, 9.17) is 0 Å². The molecule has 0 heteroatoms. The highest BCUT2D eigenvalue weighted by molar-refractivity contribution is 5.22. The van der Waals surface area contributed by atoms with Crippen LogP contribution in [0.3, 0.4) is 0 Å². The summed E-state index contributed by atoms with van der Waals surface area (Å²) in [6.07, 6.45) is 13.0. The van der Waals surface area contributed by atoms with Crippen LogP contribution in [0, 0.1) is 18.8 Å². The molecule has 0 aromatic heterocycles. The molecule has 16 heavy (non-hydrogen) atoms. The molecule has 0 aliphatic carbocycles. The molecule has 88 valence electrons. The number of terminal acetylenes is 1. The molecule has 1 rings (SSSR count). The number of rotatable bonds is 5. The molecule has 1 aromatic carbocycles. The number of benzene rings is 1. The van der Waals surface area contributed by atoms with E-state index in [-0.39, 0.29) is 0 Å². The molecule has 0 amide bonds. The van der Waals surface area contributed by atoms with Crippen LogP contribution in [-0.4, -0.2) is 0 Å². The van der Waals surface area contributed by atoms with Crippen LogP contribution in [0.1, 0.15) is 44.7 Å². The minimum absolute atomic E-state index is 0.826. The van der Waals surface area contributed by atoms with E-state index in [0.717, 1.165) is 12.3 Å². The zero-order valence-corrected chi connectivity index (χ0v) is 10.9. The molecule has 0 bridgehead atoms. The fourth-order valence-electron chi connectivity index (χ4n) is 1.91. The van der Waals surface area contributed by atoms with Gasteiger partial charge in [0.05, 0.1) is 0 Å². The Morgan fingerprint density at radius 1 is 1.00 bits per heavy atom. The summed E-state index contributed by atoms with van der Waals surface area (Å²) in [5.41, 5.74) is 2.93. The first-order valence-electron chi connectivity index (χ1n) is 6.17. The third-order valence-electron chi connectivity index (χ3n) is 2.80. The Morgan fingerprint density at radius 2 is 1.50 bits per heavy atom. The largest absolute Gasteiger partial charge is 0.124 e. The monoisotopic (exact) mass is 216 g/mol. The first-order chi connectivity index (χ1) is 7.76. The van der Waals surface area contributed by atoms with E-state index in [1.54, 1.807) is 0 Å². The summed E-state index contributed by atoms with van der Waals surface area (Å²) < 4.78 is 0. The van der Waals surface area contributed by atoms with E-state index >= 15 is 0 Å². The van der Waals surface area contributed by atoms with Crippen LogP contribution in [-0.2, 0) is 12.8 Å². The Balaban J connectivity index is 0.00000106. The van der Waals surface area contributed by atoms with E-state index < -0.39 is 0 Å². The molecule has 0 nitrogen and oxygen atoms in total. The molecule has 0 saturated carbocycles. The standard InChI is InChI=1S/C14H22.C2H2/c1-4-6-12(3)11-14-9-7-13(5-2)8-10-14;1-2/h7-10,12H,4-6,11H2,1-3H3;1-2H/t12-;/m0./s1. The Labute approximate surface area is 101 Å². The average molecular weight is 216 g/mol. The zero-order valence-electron chi connectivity index (χ0n) is 10.9. The second-order valence-corrected chi connectivity index (χ2v) is 4.27. The van der Waals surface area contributed by atoms with Crippen LogP contribution >= 0.6 is 0 Å². The van der Waals surface area contributed by atoms with Crippen molar-refractivity contribution in [2.24, 2.45) is 5.92 Å². The summed E-state index contributed by atoms with van der Waals surface area (Å²) in [6, 6.07) is 9.08. The third-order valence-corrected chi connectivity index (χ3v) is 2.80. The highest BCUT2D eigenvalue weighted by Gasteiger charge is 2.01. The maximum absolute atomic E-state index is 4.00. The van der Waals surface area contributed by atoms with Gasteiger partial charge in [0.15, 0.2) is 0 Å². The topological polar surface area (TPSA) is 0 Å². The molecule has 0 aliphatic heterocycles. The fraction of sp³-hybridized carbons (Fsp3) is 0.500. The fourth-order valence-corrected chi connectivity index (χ4v) is 1.91. The Hall–Kier alpha value is -1.22. The van der Waals surface area contributed by atoms with Crippen molar-refractivity contribution in [3.63, 3.8) is 0 Å². The van der Waals surface area contributed by atoms with Crippen molar-refractivity contribution < 1.29 is 0 Å². The van der Waals surface area contributed by atoms with E-state index in [2.05, 4.69) is 57.9 Å². The summed E-state index contributed by atoms with van der Waals surface area (Å²) >= 11 is 0. The first-order valence-corrected chi connectivity index (χ1v) is 6.17. The summed E-state index contributed by atoms with van der Waals surface area (Å²) in [5.74, 6) is 0.826. The molecule has 0 N–H and O–H groups in total. The van der Waals surface area contributed by atoms with E-state index in [9.17, 15) is 0 Å². The quantitative estimate of drug-likeness (QED) is 0.637. The van der Waals surface area contributed by atoms with Crippen LogP contribution in [0.25, 0.3) is 0 Å². The highest BCUT2D eigenvalue weighted by atomic mass is 14.1. The molecule has 0 unspecified atom stereocenters. The first kappa shape index (κ1) is 14.8. The van der Waals surface area contributed by atoms with Gasteiger partial charge in [0.2, 0.25) is 0 Å². The van der Waals surface area contributed by atoms with Crippen molar-refractivity contribution in [2.45, 2.75) is 46.5 Å². The smallest absolute Gasteiger partial charge is 0.0253 e. The number of hydrogen-bond acceptors (Lipinski definition) is 0. The van der Waals surface area contributed by atoms with Gasteiger partial charge in [-0.05, 0) is 29.9 Å². The van der Waals surface area contributed by atoms with Gasteiger partial charge in [0, 0.05) is 0 Å². The van der Waals surface area contributed by atoms with Gasteiger partial charge in [0.1, 0.15) is 0 Å². The van der Waals surface area contributed by atoms with Crippen LogP contribution in [0.2, 0.25) is 0 Å². The van der Waals surface area contributed by atoms with E-state index in [1.165, 1.54) is 30.4 Å². The average Bonchev–Trinajstić information content (AvgIpc) is 2.33. The molecule has 0 fully saturated rings. The molecule has 0 heterocycles. The van der Waals surface area contributed by atoms with Crippen LogP contribution < -0.4 is 0 Å². The Kier molecular flexibility index (Phi) is 8.35. The molecule has 0 aliphatic rings. The summed E-state index contributed by atoms with van der Waals surface area (Å²) in [5, 5.41) is 0. The minimum atomic E-state index is 0.826. The molecular weight excluding hydrogens is 192 g/mol. The molecular formula is C16H24. The lowest BCUT2D eigenvalue weighted by Gasteiger charge is -2.10. The zero-order chi connectivity index (χ0) is 12.4. The predicted octanol–water partition coefficient (Wildman–Crippen LogP) is 4.48. The van der Waals surface area contributed by atoms with Crippen molar-refractivity contribution in [3.05, 3.63) is 35.4 Å². The number of hydrogen-bond donors (Lipinski definition) is 0. The van der Waals surface area contributed by atoms with Crippen LogP contribution in [0.4, 0.5) is 0 Å². The van der Waals surface area contributed by atoms with Gasteiger partial charge in [0.25, 0.3) is 0 Å². The lowest BCUT2D eigenvalue weighted by atomic mass is 9.96. The highest BCUT2D eigenvalue weighted by Crippen LogP contribution is 2.14. The molecule has 0 radical (unpaired) electrons. The summed E-state index contributed by atoms with van der Waals surface area (Å²) in [7, 11) is 0. The van der Waals surface area contributed by atoms with E-state index in [1.807, 2.05) is 0 Å². The van der Waals surface area contributed by atoms with Gasteiger partial charge in [-0.15, -0.1) is 12.8 Å². The normalized spacial score (nSPS) is 11.3. The van der Waals surface area contributed by atoms with Gasteiger partial charge < -0.3 is 0 Å². The van der Waals surface area contributed by atoms with Crippen molar-refractivity contribution in [1.29, 1.82) is 0 Å². The van der Waals surface area contributed by atoms with Gasteiger partial charge in [-0.25, -0.2) is 0 Å². The molecule has 0 spiro atoms. The lowest BCUT2D eigenvalue weighted by molar-refractivity contribution is 0.522. The Morgan fingerprint density at radius 3 is 1.94 bits per heavy atom. The SMILES string of the molecule is C#C.CCC[C@H](C)Cc1ccc(CC)cc1. The van der Waals surface area contributed by atoms with Crippen molar-refractivity contribution in [2.75, 3.05) is 0 Å². The summed E-state index contributed by atoms with van der Waals surface area (Å²) in [4.78, 5) is 0. The summed E-state index contributed by atoms with van der Waals surface area (Å²) in [6.45, 7) is 6.81. The van der Waals surface area contributed by atoms with Crippen molar-refractivity contribution in [1.82, 2.24) is 0 Å². The second-order valence-electron chi connectivity index (χ2n) is 4.27. The molecule has 1 atom stereocenters. The Bertz CT molecular complexity index is 279. The van der Waals surface area contributed by atoms with Crippen LogP contribution in [0.5, 0.6) is 0 Å². The lowest BCUT2D eigenvalue weighted by Crippen LogP contribution is -1.99. The molecule has 0 saturated heterocycles.